The topological polar surface area (TPSA) is 79.4 Å². The van der Waals surface area contributed by atoms with Crippen LogP contribution in [0.15, 0.2) is 6.07 Å². The fraction of sp³-hybridized carbons (Fsp3) is 0.700. The van der Waals surface area contributed by atoms with Crippen molar-refractivity contribution in [3.05, 3.63) is 21.9 Å². The lowest BCUT2D eigenvalue weighted by Gasteiger charge is -2.15. The zero-order valence-corrected chi connectivity index (χ0v) is 10.3. The first-order chi connectivity index (χ1) is 8.08. The van der Waals surface area contributed by atoms with Crippen molar-refractivity contribution in [2.24, 2.45) is 0 Å². The second kappa shape index (κ2) is 6.31. The number of nitrogens with zero attached hydrogens (tertiary/aromatic N) is 3. The van der Waals surface area contributed by atoms with Gasteiger partial charge in [-0.1, -0.05) is 0 Å². The first kappa shape index (κ1) is 13.6. The minimum absolute atomic E-state index is 0.158. The molecule has 17 heavy (non-hydrogen) atoms. The Bertz CT molecular complexity index is 372. The third kappa shape index (κ3) is 3.79. The van der Waals surface area contributed by atoms with Gasteiger partial charge in [0.15, 0.2) is 6.29 Å². The highest BCUT2D eigenvalue weighted by Crippen LogP contribution is 2.12. The van der Waals surface area contributed by atoms with Crippen molar-refractivity contribution in [2.45, 2.75) is 33.6 Å². The van der Waals surface area contributed by atoms with Crippen LogP contribution in [0.2, 0.25) is 0 Å². The minimum atomic E-state index is -0.514. The van der Waals surface area contributed by atoms with Gasteiger partial charge in [0.05, 0.1) is 16.9 Å². The van der Waals surface area contributed by atoms with E-state index in [0.717, 1.165) is 0 Å². The van der Waals surface area contributed by atoms with Gasteiger partial charge in [0, 0.05) is 13.2 Å². The van der Waals surface area contributed by atoms with E-state index in [1.807, 2.05) is 13.8 Å². The second-order valence-electron chi connectivity index (χ2n) is 3.42. The van der Waals surface area contributed by atoms with Crippen LogP contribution in [0.25, 0.3) is 0 Å². The number of rotatable bonds is 7. The molecular formula is C10H17N3O4. The van der Waals surface area contributed by atoms with Crippen molar-refractivity contribution in [3.63, 3.8) is 0 Å². The average molecular weight is 243 g/mol. The van der Waals surface area contributed by atoms with Crippen LogP contribution in [0.4, 0.5) is 5.82 Å². The maximum absolute atomic E-state index is 10.6. The molecule has 1 aromatic heterocycles. The maximum atomic E-state index is 10.6. The molecule has 0 amide bonds. The molecule has 7 nitrogen and oxygen atoms in total. The normalized spacial score (nSPS) is 11.1. The molecule has 0 spiro atoms. The van der Waals surface area contributed by atoms with Gasteiger partial charge in [0.1, 0.15) is 6.54 Å². The Balaban J connectivity index is 2.74. The van der Waals surface area contributed by atoms with Gasteiger partial charge in [-0.3, -0.25) is 0 Å². The summed E-state index contributed by atoms with van der Waals surface area (Å²) in [5.74, 6) is -0.158. The van der Waals surface area contributed by atoms with Crippen LogP contribution < -0.4 is 0 Å². The van der Waals surface area contributed by atoms with Gasteiger partial charge in [-0.15, -0.1) is 0 Å². The molecule has 0 saturated carbocycles. The van der Waals surface area contributed by atoms with E-state index in [2.05, 4.69) is 5.10 Å². The summed E-state index contributed by atoms with van der Waals surface area (Å²) in [6.45, 7) is 6.88. The molecule has 0 aliphatic heterocycles. The van der Waals surface area contributed by atoms with Crippen LogP contribution in [-0.2, 0) is 16.0 Å². The SMILES string of the molecule is CCOC(Cn1nc([N+](=O)[O-])cc1C)OCC. The Morgan fingerprint density at radius 2 is 2.06 bits per heavy atom. The third-order valence-electron chi connectivity index (χ3n) is 2.18. The molecule has 96 valence electrons. The first-order valence-corrected chi connectivity index (χ1v) is 5.50. The lowest BCUT2D eigenvalue weighted by Crippen LogP contribution is -2.24. The molecule has 0 aromatic carbocycles. The molecule has 1 rings (SSSR count). The Morgan fingerprint density at radius 1 is 1.47 bits per heavy atom. The number of aryl methyl sites for hydroxylation is 1. The van der Waals surface area contributed by atoms with Gasteiger partial charge in [0.2, 0.25) is 0 Å². The summed E-state index contributed by atoms with van der Waals surface area (Å²) in [4.78, 5) is 10.1. The Hall–Kier alpha value is -1.47. The van der Waals surface area contributed by atoms with E-state index in [-0.39, 0.29) is 5.82 Å². The van der Waals surface area contributed by atoms with Gasteiger partial charge in [-0.2, -0.15) is 4.68 Å². The van der Waals surface area contributed by atoms with E-state index >= 15 is 0 Å². The van der Waals surface area contributed by atoms with Crippen LogP contribution in [0.1, 0.15) is 19.5 Å². The van der Waals surface area contributed by atoms with Gasteiger partial charge in [0.25, 0.3) is 0 Å². The lowest BCUT2D eigenvalue weighted by molar-refractivity contribution is -0.389. The standard InChI is InChI=1S/C10H17N3O4/c1-4-16-10(17-5-2)7-12-8(3)6-9(11-12)13(14)15/h6,10H,4-5,7H2,1-3H3. The summed E-state index contributed by atoms with van der Waals surface area (Å²) in [6, 6.07) is 1.43. The summed E-state index contributed by atoms with van der Waals surface area (Å²) >= 11 is 0. The summed E-state index contributed by atoms with van der Waals surface area (Å²) in [6.07, 6.45) is -0.428. The zero-order chi connectivity index (χ0) is 12.8. The number of aromatic nitrogens is 2. The monoisotopic (exact) mass is 243 g/mol. The lowest BCUT2D eigenvalue weighted by atomic mass is 10.4. The summed E-state index contributed by atoms with van der Waals surface area (Å²) in [7, 11) is 0. The van der Waals surface area contributed by atoms with Crippen molar-refractivity contribution in [1.29, 1.82) is 0 Å². The number of hydrogen-bond acceptors (Lipinski definition) is 5. The largest absolute Gasteiger partial charge is 0.390 e. The molecule has 0 bridgehead atoms. The molecule has 1 aromatic rings. The highest BCUT2D eigenvalue weighted by atomic mass is 16.7. The highest BCUT2D eigenvalue weighted by molar-refractivity contribution is 5.20. The summed E-state index contributed by atoms with van der Waals surface area (Å²) in [5, 5.41) is 14.4. The molecule has 7 heteroatoms. The molecule has 0 N–H and O–H groups in total. The quantitative estimate of drug-likeness (QED) is 0.412. The van der Waals surface area contributed by atoms with Crippen LogP contribution in [0.5, 0.6) is 0 Å². The minimum Gasteiger partial charge on any atom is -0.358 e. The number of hydrogen-bond donors (Lipinski definition) is 0. The molecule has 1 heterocycles. The van der Waals surface area contributed by atoms with Crippen LogP contribution in [0.3, 0.4) is 0 Å². The molecule has 0 aliphatic carbocycles. The van der Waals surface area contributed by atoms with Crippen molar-refractivity contribution in [3.8, 4) is 0 Å². The average Bonchev–Trinajstić information content (AvgIpc) is 2.61. The second-order valence-corrected chi connectivity index (χ2v) is 3.42. The predicted octanol–water partition coefficient (Wildman–Crippen LogP) is 1.50. The van der Waals surface area contributed by atoms with Gasteiger partial charge in [-0.05, 0) is 25.7 Å². The van der Waals surface area contributed by atoms with Gasteiger partial charge >= 0.3 is 5.82 Å². The summed E-state index contributed by atoms with van der Waals surface area (Å²) < 4.78 is 12.2. The third-order valence-corrected chi connectivity index (χ3v) is 2.18. The molecule has 0 fully saturated rings. The Morgan fingerprint density at radius 3 is 2.47 bits per heavy atom. The van der Waals surface area contributed by atoms with Crippen molar-refractivity contribution in [2.75, 3.05) is 13.2 Å². The molecule has 0 aliphatic rings. The predicted molar refractivity (Wildman–Crippen MR) is 60.7 cm³/mol. The molecular weight excluding hydrogens is 226 g/mol. The Kier molecular flexibility index (Phi) is 5.05. The molecule has 0 atom stereocenters. The van der Waals surface area contributed by atoms with E-state index in [1.54, 1.807) is 6.92 Å². The first-order valence-electron chi connectivity index (χ1n) is 5.50. The highest BCUT2D eigenvalue weighted by Gasteiger charge is 2.19. The fourth-order valence-electron chi connectivity index (χ4n) is 1.43. The Labute approximate surface area is 99.5 Å². The van der Waals surface area contributed by atoms with E-state index in [0.29, 0.717) is 25.5 Å². The van der Waals surface area contributed by atoms with Crippen molar-refractivity contribution < 1.29 is 14.4 Å². The summed E-state index contributed by atoms with van der Waals surface area (Å²) in [5.41, 5.74) is 0.709. The maximum Gasteiger partial charge on any atom is 0.390 e. The van der Waals surface area contributed by atoms with Gasteiger partial charge in [-0.25, -0.2) is 0 Å². The van der Waals surface area contributed by atoms with Crippen molar-refractivity contribution >= 4 is 5.82 Å². The zero-order valence-electron chi connectivity index (χ0n) is 10.3. The number of nitro groups is 1. The van der Waals surface area contributed by atoms with Crippen LogP contribution in [0, 0.1) is 17.0 Å². The smallest absolute Gasteiger partial charge is 0.358 e. The van der Waals surface area contributed by atoms with E-state index in [4.69, 9.17) is 9.47 Å². The van der Waals surface area contributed by atoms with Crippen molar-refractivity contribution in [1.82, 2.24) is 9.78 Å². The van der Waals surface area contributed by atoms with E-state index in [1.165, 1.54) is 10.7 Å². The number of ether oxygens (including phenoxy) is 2. The molecule has 0 saturated heterocycles. The fourth-order valence-corrected chi connectivity index (χ4v) is 1.43. The van der Waals surface area contributed by atoms with Crippen LogP contribution in [-0.4, -0.2) is 34.2 Å². The van der Waals surface area contributed by atoms with E-state index < -0.39 is 11.2 Å². The van der Waals surface area contributed by atoms with E-state index in [9.17, 15) is 10.1 Å². The van der Waals surface area contributed by atoms with Crippen LogP contribution >= 0.6 is 0 Å². The molecule has 0 unspecified atom stereocenters. The van der Waals surface area contributed by atoms with Gasteiger partial charge < -0.3 is 19.6 Å². The molecule has 0 radical (unpaired) electrons.